The van der Waals surface area contributed by atoms with Crippen molar-refractivity contribution in [1.29, 1.82) is 0 Å². The Labute approximate surface area is 146 Å². The van der Waals surface area contributed by atoms with Crippen molar-refractivity contribution >= 4 is 27.7 Å². The van der Waals surface area contributed by atoms with Gasteiger partial charge in [-0.2, -0.15) is 0 Å². The first-order valence-corrected chi connectivity index (χ1v) is 7.76. The number of rotatable bonds is 4. The average molecular weight is 386 g/mol. The Hall–Kier alpha value is -2.93. The van der Waals surface area contributed by atoms with E-state index in [1.165, 1.54) is 18.5 Å². The summed E-state index contributed by atoms with van der Waals surface area (Å²) >= 11 is 3.39. The van der Waals surface area contributed by atoms with E-state index in [1.54, 1.807) is 24.3 Å². The molecule has 0 fully saturated rings. The molecule has 3 aromatic rings. The van der Waals surface area contributed by atoms with Crippen LogP contribution in [0.5, 0.6) is 17.4 Å². The van der Waals surface area contributed by atoms with Crippen LogP contribution in [0.2, 0.25) is 0 Å². The van der Waals surface area contributed by atoms with Gasteiger partial charge in [0.15, 0.2) is 11.6 Å². The smallest absolute Gasteiger partial charge is 0.258 e. The molecule has 120 valence electrons. The molecule has 0 saturated carbocycles. The number of para-hydroxylation sites is 1. The van der Waals surface area contributed by atoms with Gasteiger partial charge < -0.3 is 15.2 Å². The number of nitrogens with one attached hydrogen (secondary N) is 1. The number of aromatic nitrogens is 2. The minimum absolute atomic E-state index is 0.0936. The molecule has 6 nitrogen and oxygen atoms in total. The van der Waals surface area contributed by atoms with Gasteiger partial charge in [0.1, 0.15) is 5.75 Å². The number of nitrogens with zero attached hydrogens (tertiary/aromatic N) is 2. The number of ether oxygens (including phenoxy) is 1. The third-order valence-corrected chi connectivity index (χ3v) is 3.72. The lowest BCUT2D eigenvalue weighted by Crippen LogP contribution is -2.13. The molecule has 24 heavy (non-hydrogen) atoms. The minimum Gasteiger partial charge on any atom is -0.504 e. The van der Waals surface area contributed by atoms with Crippen molar-refractivity contribution in [2.24, 2.45) is 0 Å². The maximum Gasteiger partial charge on any atom is 0.258 e. The Morgan fingerprint density at radius 3 is 2.62 bits per heavy atom. The summed E-state index contributed by atoms with van der Waals surface area (Å²) in [5.74, 6) is 0.549. The number of pyridine rings is 2. The van der Waals surface area contributed by atoms with Gasteiger partial charge >= 0.3 is 0 Å². The maximum atomic E-state index is 12.1. The Bertz CT molecular complexity index is 869. The summed E-state index contributed by atoms with van der Waals surface area (Å²) in [7, 11) is 0. The maximum absolute atomic E-state index is 12.1. The van der Waals surface area contributed by atoms with Gasteiger partial charge in [-0.05, 0) is 46.3 Å². The lowest BCUT2D eigenvalue weighted by atomic mass is 10.2. The molecule has 0 atom stereocenters. The molecule has 0 bridgehead atoms. The van der Waals surface area contributed by atoms with E-state index in [1.807, 2.05) is 18.2 Å². The molecule has 0 spiro atoms. The monoisotopic (exact) mass is 385 g/mol. The van der Waals surface area contributed by atoms with Gasteiger partial charge in [0.2, 0.25) is 5.88 Å². The number of benzene rings is 1. The fourth-order valence-electron chi connectivity index (χ4n) is 1.89. The van der Waals surface area contributed by atoms with E-state index in [-0.39, 0.29) is 11.6 Å². The van der Waals surface area contributed by atoms with Crippen molar-refractivity contribution in [2.45, 2.75) is 0 Å². The van der Waals surface area contributed by atoms with Crippen molar-refractivity contribution in [3.05, 3.63) is 71.0 Å². The molecule has 3 rings (SSSR count). The van der Waals surface area contributed by atoms with Crippen LogP contribution >= 0.6 is 15.9 Å². The lowest BCUT2D eigenvalue weighted by Gasteiger charge is -2.08. The molecule has 0 aliphatic heterocycles. The van der Waals surface area contributed by atoms with Gasteiger partial charge in [-0.25, -0.2) is 9.97 Å². The largest absolute Gasteiger partial charge is 0.504 e. The van der Waals surface area contributed by atoms with Gasteiger partial charge in [0.25, 0.3) is 5.91 Å². The van der Waals surface area contributed by atoms with Gasteiger partial charge in [-0.1, -0.05) is 12.1 Å². The first kappa shape index (κ1) is 15.9. The van der Waals surface area contributed by atoms with Crippen molar-refractivity contribution in [3.8, 4) is 17.4 Å². The molecular formula is C17H12BrN3O3. The summed E-state index contributed by atoms with van der Waals surface area (Å²) < 4.78 is 6.44. The van der Waals surface area contributed by atoms with E-state index in [2.05, 4.69) is 31.2 Å². The zero-order valence-electron chi connectivity index (χ0n) is 12.3. The van der Waals surface area contributed by atoms with Crippen LogP contribution in [-0.4, -0.2) is 21.0 Å². The summed E-state index contributed by atoms with van der Waals surface area (Å²) in [6.45, 7) is 0. The highest BCUT2D eigenvalue weighted by Gasteiger charge is 2.11. The summed E-state index contributed by atoms with van der Waals surface area (Å²) in [5, 5.41) is 12.1. The highest BCUT2D eigenvalue weighted by Crippen LogP contribution is 2.28. The van der Waals surface area contributed by atoms with Crippen LogP contribution < -0.4 is 10.1 Å². The van der Waals surface area contributed by atoms with Gasteiger partial charge in [0, 0.05) is 18.5 Å². The zero-order valence-corrected chi connectivity index (χ0v) is 13.9. The minimum atomic E-state index is -0.427. The number of carbonyl (C=O) groups is 1. The Balaban J connectivity index is 1.71. The fraction of sp³-hybridized carbons (Fsp3) is 0. The number of aromatic hydroxyl groups is 1. The number of hydrogen-bond donors (Lipinski definition) is 2. The third kappa shape index (κ3) is 3.69. The van der Waals surface area contributed by atoms with Crippen molar-refractivity contribution in [2.75, 3.05) is 5.32 Å². The lowest BCUT2D eigenvalue weighted by molar-refractivity contribution is 0.102. The highest BCUT2D eigenvalue weighted by atomic mass is 79.9. The zero-order chi connectivity index (χ0) is 16.9. The van der Waals surface area contributed by atoms with Gasteiger partial charge in [-0.15, -0.1) is 0 Å². The third-order valence-electron chi connectivity index (χ3n) is 3.07. The van der Waals surface area contributed by atoms with Crippen LogP contribution in [0.15, 0.2) is 65.4 Å². The van der Waals surface area contributed by atoms with Crippen molar-refractivity contribution in [1.82, 2.24) is 9.97 Å². The second kappa shape index (κ2) is 7.10. The summed E-state index contributed by atoms with van der Waals surface area (Å²) in [5.41, 5.74) is 0.319. The number of amides is 1. The topological polar surface area (TPSA) is 84.3 Å². The van der Waals surface area contributed by atoms with Crippen LogP contribution in [0.1, 0.15) is 10.4 Å². The van der Waals surface area contributed by atoms with E-state index >= 15 is 0 Å². The first-order valence-electron chi connectivity index (χ1n) is 6.97. The predicted molar refractivity (Wildman–Crippen MR) is 92.3 cm³/mol. The molecule has 2 N–H and O–H groups in total. The second-order valence-corrected chi connectivity index (χ2v) is 5.60. The van der Waals surface area contributed by atoms with Crippen LogP contribution in [0, 0.1) is 0 Å². The fourth-order valence-corrected chi connectivity index (χ4v) is 2.25. The number of hydrogen-bond acceptors (Lipinski definition) is 5. The average Bonchev–Trinajstić information content (AvgIpc) is 2.59. The number of halogens is 1. The number of carbonyl (C=O) groups excluding carboxylic acids is 1. The Kier molecular flexibility index (Phi) is 4.72. The van der Waals surface area contributed by atoms with Crippen LogP contribution in [0.25, 0.3) is 0 Å². The standard InChI is InChI=1S/C17H12BrN3O3/c18-12-4-1-2-6-14(12)24-15-8-7-11(10-20-15)17(23)21-16-13(22)5-3-9-19-16/h1-10,22H,(H,19,21,23). The quantitative estimate of drug-likeness (QED) is 0.709. The Morgan fingerprint density at radius 2 is 1.92 bits per heavy atom. The SMILES string of the molecule is O=C(Nc1ncccc1O)c1ccc(Oc2ccccc2Br)nc1. The van der Waals surface area contributed by atoms with E-state index in [9.17, 15) is 9.90 Å². The molecule has 0 saturated heterocycles. The Morgan fingerprint density at radius 1 is 1.08 bits per heavy atom. The van der Waals surface area contributed by atoms with Crippen molar-refractivity contribution < 1.29 is 14.6 Å². The van der Waals surface area contributed by atoms with Crippen LogP contribution in [0.3, 0.4) is 0 Å². The van der Waals surface area contributed by atoms with Gasteiger partial charge in [0.05, 0.1) is 10.0 Å². The predicted octanol–water partition coefficient (Wildman–Crippen LogP) is 3.99. The molecule has 2 aromatic heterocycles. The molecule has 1 aromatic carbocycles. The van der Waals surface area contributed by atoms with Gasteiger partial charge in [-0.3, -0.25) is 4.79 Å². The molecule has 1 amide bonds. The normalized spacial score (nSPS) is 10.2. The van der Waals surface area contributed by atoms with E-state index in [0.717, 1.165) is 4.47 Å². The van der Waals surface area contributed by atoms with Crippen LogP contribution in [-0.2, 0) is 0 Å². The molecule has 0 aliphatic rings. The van der Waals surface area contributed by atoms with Crippen molar-refractivity contribution in [3.63, 3.8) is 0 Å². The van der Waals surface area contributed by atoms with E-state index in [4.69, 9.17) is 4.74 Å². The molecular weight excluding hydrogens is 374 g/mol. The molecule has 0 unspecified atom stereocenters. The van der Waals surface area contributed by atoms with Crippen LogP contribution in [0.4, 0.5) is 5.82 Å². The summed E-state index contributed by atoms with van der Waals surface area (Å²) in [4.78, 5) is 20.1. The molecule has 0 aliphatic carbocycles. The summed E-state index contributed by atoms with van der Waals surface area (Å²) in [6.07, 6.45) is 2.86. The molecule has 0 radical (unpaired) electrons. The summed E-state index contributed by atoms with van der Waals surface area (Å²) in [6, 6.07) is 13.6. The van der Waals surface area contributed by atoms with E-state index < -0.39 is 5.91 Å². The van der Waals surface area contributed by atoms with E-state index in [0.29, 0.717) is 17.2 Å². The second-order valence-electron chi connectivity index (χ2n) is 4.74. The molecule has 7 heteroatoms. The number of anilines is 1. The molecule has 2 heterocycles. The first-order chi connectivity index (χ1) is 11.6. The highest BCUT2D eigenvalue weighted by molar-refractivity contribution is 9.10.